The Morgan fingerprint density at radius 1 is 0.806 bits per heavy atom. The molecule has 0 spiro atoms. The van der Waals surface area contributed by atoms with Crippen LogP contribution in [0.3, 0.4) is 0 Å². The molecule has 0 aliphatic carbocycles. The van der Waals surface area contributed by atoms with Crippen molar-refractivity contribution in [2.45, 2.75) is 104 Å². The summed E-state index contributed by atoms with van der Waals surface area (Å²) < 4.78 is 40.2. The van der Waals surface area contributed by atoms with Crippen LogP contribution in [0.1, 0.15) is 91.9 Å². The van der Waals surface area contributed by atoms with Crippen LogP contribution in [-0.2, 0) is 18.6 Å². The summed E-state index contributed by atoms with van der Waals surface area (Å²) in [7, 11) is -1.85. The van der Waals surface area contributed by atoms with E-state index in [-0.39, 0.29) is 16.7 Å². The molecule has 31 heavy (non-hydrogen) atoms. The van der Waals surface area contributed by atoms with Crippen LogP contribution >= 0.6 is 0 Å². The number of hydrogen-bond donors (Lipinski definition) is 0. The number of carbonyl (C=O) groups excluding carboxylic acids is 1. The SMILES string of the molecule is CCCCC(=O)c1cc(B2OC(C)(C)C(C)(C)O2)c(F)c(B2OC(C)(C)C(C)(C)O2)c1. The van der Waals surface area contributed by atoms with E-state index in [4.69, 9.17) is 18.6 Å². The Bertz CT molecular complexity index is 777. The topological polar surface area (TPSA) is 54.0 Å². The Morgan fingerprint density at radius 3 is 1.48 bits per heavy atom. The van der Waals surface area contributed by atoms with E-state index in [9.17, 15) is 4.79 Å². The summed E-state index contributed by atoms with van der Waals surface area (Å²) >= 11 is 0. The molecule has 1 aromatic carbocycles. The lowest BCUT2D eigenvalue weighted by molar-refractivity contribution is 0.00578. The predicted octanol–water partition coefficient (Wildman–Crippen LogP) is 3.80. The van der Waals surface area contributed by atoms with E-state index >= 15 is 4.39 Å². The number of benzene rings is 1. The molecule has 2 fully saturated rings. The van der Waals surface area contributed by atoms with E-state index in [0.29, 0.717) is 12.0 Å². The first-order chi connectivity index (χ1) is 14.1. The predicted molar refractivity (Wildman–Crippen MR) is 122 cm³/mol. The van der Waals surface area contributed by atoms with Crippen molar-refractivity contribution in [3.05, 3.63) is 23.5 Å². The van der Waals surface area contributed by atoms with Gasteiger partial charge in [-0.25, -0.2) is 4.39 Å². The maximum Gasteiger partial charge on any atom is 0.497 e. The van der Waals surface area contributed by atoms with Crippen LogP contribution in [0, 0.1) is 5.82 Å². The van der Waals surface area contributed by atoms with Crippen molar-refractivity contribution in [1.82, 2.24) is 0 Å². The van der Waals surface area contributed by atoms with E-state index in [1.54, 1.807) is 12.1 Å². The zero-order valence-electron chi connectivity index (χ0n) is 20.3. The molecule has 5 nitrogen and oxygen atoms in total. The second kappa shape index (κ2) is 7.98. The Morgan fingerprint density at radius 2 is 1.16 bits per heavy atom. The number of Topliss-reactive ketones (excluding diaryl/α,β-unsaturated/α-hetero) is 1. The first-order valence-electron chi connectivity index (χ1n) is 11.2. The molecule has 170 valence electrons. The van der Waals surface area contributed by atoms with E-state index < -0.39 is 42.5 Å². The van der Waals surface area contributed by atoms with Crippen molar-refractivity contribution in [1.29, 1.82) is 0 Å². The van der Waals surface area contributed by atoms with Crippen LogP contribution in [0.2, 0.25) is 0 Å². The molecular weight excluding hydrogens is 397 g/mol. The summed E-state index contributed by atoms with van der Waals surface area (Å²) in [5.41, 5.74) is -1.69. The standard InChI is InChI=1S/C23H35B2FO5/c1-10-11-12-18(27)15-13-16(24-28-20(2,3)21(4,5)29-24)19(26)17(14-15)25-30-22(6,7)23(8,9)31-25/h13-14H,10-12H2,1-9H3. The average molecular weight is 432 g/mol. The highest BCUT2D eigenvalue weighted by molar-refractivity contribution is 6.66. The highest BCUT2D eigenvalue weighted by atomic mass is 19.1. The van der Waals surface area contributed by atoms with Crippen molar-refractivity contribution < 1.29 is 27.8 Å². The number of rotatable bonds is 6. The average Bonchev–Trinajstić information content (AvgIpc) is 2.99. The molecule has 2 aliphatic heterocycles. The maximum atomic E-state index is 15.8. The second-order valence-corrected chi connectivity index (χ2v) is 10.7. The van der Waals surface area contributed by atoms with Crippen molar-refractivity contribution >= 4 is 30.9 Å². The van der Waals surface area contributed by atoms with Crippen LogP contribution < -0.4 is 10.9 Å². The smallest absolute Gasteiger partial charge is 0.399 e. The molecule has 0 bridgehead atoms. The molecule has 0 amide bonds. The Hall–Kier alpha value is -1.21. The van der Waals surface area contributed by atoms with Crippen molar-refractivity contribution in [2.24, 2.45) is 0 Å². The van der Waals surface area contributed by atoms with Crippen molar-refractivity contribution in [3.8, 4) is 0 Å². The second-order valence-electron chi connectivity index (χ2n) is 10.7. The van der Waals surface area contributed by atoms with Gasteiger partial charge in [0, 0.05) is 22.9 Å². The van der Waals surface area contributed by atoms with Gasteiger partial charge in [-0.3, -0.25) is 4.79 Å². The summed E-state index contributed by atoms with van der Waals surface area (Å²) in [5.74, 6) is -0.568. The fourth-order valence-corrected chi connectivity index (χ4v) is 3.60. The lowest BCUT2D eigenvalue weighted by atomic mass is 9.69. The first kappa shape index (κ1) is 24.4. The highest BCUT2D eigenvalue weighted by Gasteiger charge is 2.55. The van der Waals surface area contributed by atoms with Crippen molar-refractivity contribution in [2.75, 3.05) is 0 Å². The van der Waals surface area contributed by atoms with Gasteiger partial charge in [0.05, 0.1) is 22.4 Å². The van der Waals surface area contributed by atoms with Gasteiger partial charge in [-0.05, 0) is 73.9 Å². The van der Waals surface area contributed by atoms with Gasteiger partial charge in [0.2, 0.25) is 0 Å². The number of ketones is 1. The minimum Gasteiger partial charge on any atom is -0.399 e. The summed E-state index contributed by atoms with van der Waals surface area (Å²) in [6.45, 7) is 17.3. The third-order valence-electron chi connectivity index (χ3n) is 7.22. The summed E-state index contributed by atoms with van der Waals surface area (Å²) in [5, 5.41) is 0. The molecule has 2 saturated heterocycles. The lowest BCUT2D eigenvalue weighted by Crippen LogP contribution is -2.46. The molecule has 8 heteroatoms. The van der Waals surface area contributed by atoms with Gasteiger partial charge in [0.15, 0.2) is 5.78 Å². The zero-order chi connectivity index (χ0) is 23.4. The molecular formula is C23H35B2FO5. The van der Waals surface area contributed by atoms with Gasteiger partial charge < -0.3 is 18.6 Å². The van der Waals surface area contributed by atoms with Crippen LogP contribution in [0.25, 0.3) is 0 Å². The number of halogens is 1. The highest BCUT2D eigenvalue weighted by Crippen LogP contribution is 2.38. The van der Waals surface area contributed by atoms with Gasteiger partial charge in [-0.2, -0.15) is 0 Å². The Labute approximate surface area is 186 Å². The normalized spacial score (nSPS) is 23.4. The number of unbranched alkanes of at least 4 members (excludes halogenated alkanes) is 1. The van der Waals surface area contributed by atoms with Crippen LogP contribution in [-0.4, -0.2) is 42.4 Å². The van der Waals surface area contributed by atoms with Gasteiger partial charge in [0.25, 0.3) is 0 Å². The van der Waals surface area contributed by atoms with Gasteiger partial charge in [0.1, 0.15) is 5.82 Å². The maximum absolute atomic E-state index is 15.8. The monoisotopic (exact) mass is 432 g/mol. The summed E-state index contributed by atoms with van der Waals surface area (Å²) in [6.07, 6.45) is 2.07. The van der Waals surface area contributed by atoms with Crippen LogP contribution in [0.4, 0.5) is 4.39 Å². The molecule has 1 aromatic rings. The van der Waals surface area contributed by atoms with E-state index in [1.165, 1.54) is 0 Å². The van der Waals surface area contributed by atoms with Crippen molar-refractivity contribution in [3.63, 3.8) is 0 Å². The van der Waals surface area contributed by atoms with E-state index in [1.807, 2.05) is 62.3 Å². The molecule has 2 aliphatic rings. The molecule has 2 heterocycles. The summed E-state index contributed by atoms with van der Waals surface area (Å²) in [6, 6.07) is 3.12. The Balaban J connectivity index is 2.07. The number of hydrogen-bond acceptors (Lipinski definition) is 5. The third-order valence-corrected chi connectivity index (χ3v) is 7.22. The molecule has 0 unspecified atom stereocenters. The molecule has 0 aromatic heterocycles. The zero-order valence-corrected chi connectivity index (χ0v) is 20.3. The minimum atomic E-state index is -0.926. The molecule has 0 N–H and O–H groups in total. The van der Waals surface area contributed by atoms with E-state index in [2.05, 4.69) is 0 Å². The first-order valence-corrected chi connectivity index (χ1v) is 11.2. The summed E-state index contributed by atoms with van der Waals surface area (Å²) in [4.78, 5) is 12.9. The molecule has 0 saturated carbocycles. The van der Waals surface area contributed by atoms with Crippen LogP contribution in [0.5, 0.6) is 0 Å². The number of carbonyl (C=O) groups is 1. The quantitative estimate of drug-likeness (QED) is 0.506. The molecule has 3 rings (SSSR count). The van der Waals surface area contributed by atoms with Gasteiger partial charge in [-0.1, -0.05) is 13.3 Å². The minimum absolute atomic E-state index is 0.0441. The van der Waals surface area contributed by atoms with Gasteiger partial charge >= 0.3 is 14.2 Å². The van der Waals surface area contributed by atoms with E-state index in [0.717, 1.165) is 12.8 Å². The lowest BCUT2D eigenvalue weighted by Gasteiger charge is -2.32. The van der Waals surface area contributed by atoms with Crippen LogP contribution in [0.15, 0.2) is 12.1 Å². The molecule has 0 atom stereocenters. The molecule has 0 radical (unpaired) electrons. The van der Waals surface area contributed by atoms with Gasteiger partial charge in [-0.15, -0.1) is 0 Å². The largest absolute Gasteiger partial charge is 0.497 e. The third kappa shape index (κ3) is 4.37. The fraction of sp³-hybridized carbons (Fsp3) is 0.696. The Kier molecular flexibility index (Phi) is 6.29. The fourth-order valence-electron chi connectivity index (χ4n) is 3.60.